The maximum absolute atomic E-state index is 13.4. The summed E-state index contributed by atoms with van der Waals surface area (Å²) in [6.07, 6.45) is 0. The number of fused-ring (bicyclic) bond motifs is 4. The molecule has 0 bridgehead atoms. The van der Waals surface area contributed by atoms with Gasteiger partial charge in [0, 0.05) is 17.8 Å². The molecule has 37 heavy (non-hydrogen) atoms. The van der Waals surface area contributed by atoms with Crippen molar-refractivity contribution in [1.82, 2.24) is 4.98 Å². The van der Waals surface area contributed by atoms with Crippen molar-refractivity contribution in [3.8, 4) is 28.7 Å². The number of thiazole rings is 1. The first-order valence-electron chi connectivity index (χ1n) is 12.0. The lowest BCUT2D eigenvalue weighted by molar-refractivity contribution is -0.141. The number of carbonyl (C=O) groups excluding carboxylic acids is 1. The average Bonchev–Trinajstić information content (AvgIpc) is 3.64. The van der Waals surface area contributed by atoms with Gasteiger partial charge < -0.3 is 28.8 Å². The second kappa shape index (κ2) is 8.27. The molecule has 0 radical (unpaired) electrons. The molecule has 7 rings (SSSR count). The molecular formula is C28H23NO7S. The summed E-state index contributed by atoms with van der Waals surface area (Å²) in [6, 6.07) is 15.6. The minimum Gasteiger partial charge on any atom is -0.502 e. The van der Waals surface area contributed by atoms with Crippen LogP contribution < -0.4 is 18.9 Å². The van der Waals surface area contributed by atoms with Crippen molar-refractivity contribution in [3.63, 3.8) is 0 Å². The molecule has 0 spiro atoms. The van der Waals surface area contributed by atoms with E-state index < -0.39 is 5.92 Å². The summed E-state index contributed by atoms with van der Waals surface area (Å²) in [5.74, 6) is 0.363. The van der Waals surface area contributed by atoms with Crippen LogP contribution in [0.3, 0.4) is 0 Å². The molecule has 1 aliphatic carbocycles. The van der Waals surface area contributed by atoms with Gasteiger partial charge in [-0.15, -0.1) is 11.3 Å². The molecule has 4 atom stereocenters. The van der Waals surface area contributed by atoms with Crippen LogP contribution in [0.5, 0.6) is 28.7 Å². The van der Waals surface area contributed by atoms with Crippen LogP contribution in [0.1, 0.15) is 33.5 Å². The van der Waals surface area contributed by atoms with Gasteiger partial charge in [0.2, 0.25) is 12.5 Å². The van der Waals surface area contributed by atoms with Gasteiger partial charge in [0.15, 0.2) is 23.0 Å². The number of para-hydroxylation sites is 1. The third-order valence-electron chi connectivity index (χ3n) is 7.62. The maximum Gasteiger partial charge on any atom is 0.310 e. The highest BCUT2D eigenvalue weighted by Gasteiger charge is 2.53. The molecule has 1 fully saturated rings. The first kappa shape index (κ1) is 22.2. The van der Waals surface area contributed by atoms with E-state index in [1.165, 1.54) is 14.2 Å². The Morgan fingerprint density at radius 2 is 1.62 bits per heavy atom. The Labute approximate surface area is 216 Å². The van der Waals surface area contributed by atoms with E-state index in [9.17, 15) is 9.90 Å². The van der Waals surface area contributed by atoms with Crippen LogP contribution in [0, 0.1) is 11.8 Å². The molecule has 1 saturated heterocycles. The molecule has 188 valence electrons. The highest BCUT2D eigenvalue weighted by Crippen LogP contribution is 2.58. The maximum atomic E-state index is 13.4. The average molecular weight is 518 g/mol. The number of cyclic esters (lactones) is 1. The first-order valence-corrected chi connectivity index (χ1v) is 12.8. The standard InChI is InChI=1S/C28H23NO7S/c1-32-20-7-13(8-21(33-2)26(20)30)23-14-9-18-19(36-12-35-18)10-15(14)24(16-11-34-28(31)25(16)23)27-29-17-5-3-4-6-22(17)37-27/h3-10,16,23-25,30H,11-12H2,1-2H3/t16-,23-,24-,25+/m1/s1. The molecule has 4 aromatic rings. The van der Waals surface area contributed by atoms with Crippen molar-refractivity contribution in [1.29, 1.82) is 0 Å². The van der Waals surface area contributed by atoms with Gasteiger partial charge in [-0.25, -0.2) is 4.98 Å². The summed E-state index contributed by atoms with van der Waals surface area (Å²) in [7, 11) is 2.97. The topological polar surface area (TPSA) is 96.3 Å². The molecule has 1 N–H and O–H groups in total. The van der Waals surface area contributed by atoms with Crippen LogP contribution >= 0.6 is 11.3 Å². The van der Waals surface area contributed by atoms with E-state index >= 15 is 0 Å². The zero-order valence-corrected chi connectivity index (χ0v) is 20.9. The van der Waals surface area contributed by atoms with E-state index in [0.717, 1.165) is 31.9 Å². The van der Waals surface area contributed by atoms with Crippen LogP contribution in [-0.4, -0.2) is 43.7 Å². The molecule has 1 aromatic heterocycles. The summed E-state index contributed by atoms with van der Waals surface area (Å²) in [6.45, 7) is 0.436. The molecule has 3 aliphatic rings. The molecular weight excluding hydrogens is 494 g/mol. The van der Waals surface area contributed by atoms with Crippen molar-refractivity contribution >= 4 is 27.5 Å². The minimum atomic E-state index is -0.469. The molecule has 0 saturated carbocycles. The number of hydrogen-bond donors (Lipinski definition) is 1. The lowest BCUT2D eigenvalue weighted by Gasteiger charge is -2.38. The van der Waals surface area contributed by atoms with E-state index in [4.69, 9.17) is 28.7 Å². The fourth-order valence-electron chi connectivity index (χ4n) is 6.00. The van der Waals surface area contributed by atoms with Crippen LogP contribution in [-0.2, 0) is 9.53 Å². The quantitative estimate of drug-likeness (QED) is 0.385. The molecule has 0 unspecified atom stereocenters. The van der Waals surface area contributed by atoms with Crippen molar-refractivity contribution in [3.05, 3.63) is 70.2 Å². The van der Waals surface area contributed by atoms with E-state index in [0.29, 0.717) is 18.1 Å². The molecule has 2 aliphatic heterocycles. The van der Waals surface area contributed by atoms with E-state index in [-0.39, 0.29) is 47.8 Å². The lowest BCUT2D eigenvalue weighted by Crippen LogP contribution is -2.35. The first-order chi connectivity index (χ1) is 18.1. The fraction of sp³-hybridized carbons (Fsp3) is 0.286. The Morgan fingerprint density at radius 3 is 2.30 bits per heavy atom. The number of hydrogen-bond acceptors (Lipinski definition) is 9. The smallest absolute Gasteiger partial charge is 0.310 e. The van der Waals surface area contributed by atoms with Gasteiger partial charge >= 0.3 is 5.97 Å². The molecule has 3 heterocycles. The number of rotatable bonds is 4. The van der Waals surface area contributed by atoms with Crippen molar-refractivity contribution < 1.29 is 33.6 Å². The molecule has 0 amide bonds. The van der Waals surface area contributed by atoms with Crippen LogP contribution in [0.4, 0.5) is 0 Å². The van der Waals surface area contributed by atoms with Crippen molar-refractivity contribution in [2.45, 2.75) is 11.8 Å². The van der Waals surface area contributed by atoms with E-state index in [1.54, 1.807) is 23.5 Å². The number of carbonyl (C=O) groups is 1. The zero-order valence-electron chi connectivity index (χ0n) is 20.1. The minimum absolute atomic E-state index is 0.0895. The number of methoxy groups -OCH3 is 2. The van der Waals surface area contributed by atoms with Crippen molar-refractivity contribution in [2.75, 3.05) is 27.6 Å². The molecule has 3 aromatic carbocycles. The number of aromatic hydroxyl groups is 1. The van der Waals surface area contributed by atoms with Gasteiger partial charge in [-0.2, -0.15) is 0 Å². The summed E-state index contributed by atoms with van der Waals surface area (Å²) < 4.78 is 29.2. The fourth-order valence-corrected chi connectivity index (χ4v) is 7.16. The van der Waals surface area contributed by atoms with Crippen LogP contribution in [0.15, 0.2) is 48.5 Å². The highest BCUT2D eigenvalue weighted by atomic mass is 32.1. The number of phenols is 1. The Balaban J connectivity index is 1.49. The summed E-state index contributed by atoms with van der Waals surface area (Å²) >= 11 is 1.64. The Bertz CT molecular complexity index is 1510. The number of benzene rings is 3. The third-order valence-corrected chi connectivity index (χ3v) is 8.74. The highest BCUT2D eigenvalue weighted by molar-refractivity contribution is 7.18. The summed E-state index contributed by atoms with van der Waals surface area (Å²) in [5.41, 5.74) is 3.67. The largest absolute Gasteiger partial charge is 0.502 e. The van der Waals surface area contributed by atoms with Gasteiger partial charge in [0.05, 0.1) is 37.0 Å². The predicted molar refractivity (Wildman–Crippen MR) is 135 cm³/mol. The molecule has 8 nitrogen and oxygen atoms in total. The third kappa shape index (κ3) is 3.26. The van der Waals surface area contributed by atoms with Gasteiger partial charge in [-0.1, -0.05) is 12.1 Å². The normalized spacial score (nSPS) is 23.5. The SMILES string of the molecule is COc1cc([C@@H]2c3cc4c(cc3[C@@H](c3nc5ccccc5s3)[C@H]3COC(=O)[C@H]23)OCO4)cc(OC)c1O. The molecule has 9 heteroatoms. The van der Waals surface area contributed by atoms with Crippen LogP contribution in [0.25, 0.3) is 10.2 Å². The van der Waals surface area contributed by atoms with Gasteiger partial charge in [0.1, 0.15) is 5.01 Å². The second-order valence-electron chi connectivity index (χ2n) is 9.40. The lowest BCUT2D eigenvalue weighted by atomic mass is 9.63. The Morgan fingerprint density at radius 1 is 0.946 bits per heavy atom. The Kier molecular flexibility index (Phi) is 4.97. The number of ether oxygens (including phenoxy) is 5. The monoisotopic (exact) mass is 517 g/mol. The van der Waals surface area contributed by atoms with Gasteiger partial charge in [-0.3, -0.25) is 4.79 Å². The summed E-state index contributed by atoms with van der Waals surface area (Å²) in [4.78, 5) is 18.3. The van der Waals surface area contributed by atoms with Gasteiger partial charge in [0.25, 0.3) is 0 Å². The van der Waals surface area contributed by atoms with Crippen LogP contribution in [0.2, 0.25) is 0 Å². The number of nitrogens with zero attached hydrogens (tertiary/aromatic N) is 1. The Hall–Kier alpha value is -3.98. The number of esters is 1. The number of phenolic OH excluding ortho intramolecular Hbond substituents is 1. The second-order valence-corrected chi connectivity index (χ2v) is 10.5. The number of aromatic nitrogens is 1. The summed E-state index contributed by atoms with van der Waals surface area (Å²) in [5, 5.41) is 11.5. The zero-order chi connectivity index (χ0) is 25.3. The van der Waals surface area contributed by atoms with E-state index in [1.807, 2.05) is 30.3 Å². The van der Waals surface area contributed by atoms with Gasteiger partial charge in [-0.05, 0) is 53.1 Å². The predicted octanol–water partition coefficient (Wildman–Crippen LogP) is 4.81. The van der Waals surface area contributed by atoms with Crippen molar-refractivity contribution in [2.24, 2.45) is 11.8 Å². The van der Waals surface area contributed by atoms with E-state index in [2.05, 4.69) is 6.07 Å².